The molecule has 1 atom stereocenters. The summed E-state index contributed by atoms with van der Waals surface area (Å²) in [5.74, 6) is -0.560. The number of sulfone groups is 1. The number of hydrogen-bond acceptors (Lipinski definition) is 4. The molecule has 0 heterocycles. The van der Waals surface area contributed by atoms with E-state index in [1.165, 1.54) is 0 Å². The number of rotatable bonds is 6. The van der Waals surface area contributed by atoms with Crippen molar-refractivity contribution in [1.29, 1.82) is 0 Å². The fourth-order valence-electron chi connectivity index (χ4n) is 2.03. The maximum Gasteiger partial charge on any atom is 0.241 e. The second kappa shape index (κ2) is 7.39. The van der Waals surface area contributed by atoms with Crippen molar-refractivity contribution in [2.75, 3.05) is 11.1 Å². The van der Waals surface area contributed by atoms with Crippen molar-refractivity contribution in [3.63, 3.8) is 0 Å². The Morgan fingerprint density at radius 2 is 1.70 bits per heavy atom. The van der Waals surface area contributed by atoms with Crippen LogP contribution in [0.15, 0.2) is 59.5 Å². The zero-order valence-electron chi connectivity index (χ0n) is 12.9. The number of carbonyl (C=O) groups excluding carboxylic acids is 1. The van der Waals surface area contributed by atoms with Crippen LogP contribution in [0, 0.1) is 6.92 Å². The molecule has 0 aliphatic carbocycles. The summed E-state index contributed by atoms with van der Waals surface area (Å²) < 4.78 is 24.5. The lowest BCUT2D eigenvalue weighted by Gasteiger charge is -2.12. The molecule has 0 bridgehead atoms. The average Bonchev–Trinajstić information content (AvgIpc) is 2.54. The summed E-state index contributed by atoms with van der Waals surface area (Å²) in [6, 6.07) is 14.7. The van der Waals surface area contributed by atoms with E-state index in [9.17, 15) is 13.2 Å². The van der Waals surface area contributed by atoms with Gasteiger partial charge in [0.2, 0.25) is 5.91 Å². The van der Waals surface area contributed by atoms with E-state index in [2.05, 4.69) is 5.32 Å². The molecule has 1 unspecified atom stereocenters. The first-order valence-electron chi connectivity index (χ1n) is 7.29. The average molecular weight is 332 g/mol. The highest BCUT2D eigenvalue weighted by molar-refractivity contribution is 7.91. The SMILES string of the molecule is Cc1ccc(S(=O)(=O)CCC(N)C(=O)Nc2ccccc2)cc1. The third kappa shape index (κ3) is 4.91. The predicted molar refractivity (Wildman–Crippen MR) is 90.9 cm³/mol. The molecule has 6 heteroatoms. The molecule has 0 aromatic heterocycles. The Morgan fingerprint density at radius 3 is 2.30 bits per heavy atom. The minimum Gasteiger partial charge on any atom is -0.325 e. The van der Waals surface area contributed by atoms with Gasteiger partial charge in [-0.05, 0) is 37.6 Å². The Hall–Kier alpha value is -2.18. The molecule has 3 N–H and O–H groups in total. The third-order valence-corrected chi connectivity index (χ3v) is 5.22. The van der Waals surface area contributed by atoms with Gasteiger partial charge in [0.15, 0.2) is 9.84 Å². The number of carbonyl (C=O) groups is 1. The van der Waals surface area contributed by atoms with Gasteiger partial charge < -0.3 is 11.1 Å². The first-order valence-corrected chi connectivity index (χ1v) is 8.94. The van der Waals surface area contributed by atoms with Gasteiger partial charge in [0, 0.05) is 5.69 Å². The molecule has 122 valence electrons. The monoisotopic (exact) mass is 332 g/mol. The van der Waals surface area contributed by atoms with Gasteiger partial charge >= 0.3 is 0 Å². The molecule has 0 aliphatic heterocycles. The van der Waals surface area contributed by atoms with E-state index >= 15 is 0 Å². The number of aryl methyl sites for hydroxylation is 1. The standard InChI is InChI=1S/C17H20N2O3S/c1-13-7-9-15(10-8-13)23(21,22)12-11-16(18)17(20)19-14-5-3-2-4-6-14/h2-10,16H,11-12,18H2,1H3,(H,19,20). The Labute approximate surface area is 136 Å². The van der Waals surface area contributed by atoms with Gasteiger partial charge in [-0.15, -0.1) is 0 Å². The first-order chi connectivity index (χ1) is 10.9. The van der Waals surface area contributed by atoms with Crippen molar-refractivity contribution in [2.45, 2.75) is 24.3 Å². The molecule has 1 amide bonds. The predicted octanol–water partition coefficient (Wildman–Crippen LogP) is 2.12. The maximum atomic E-state index is 12.2. The van der Waals surface area contributed by atoms with E-state index < -0.39 is 21.8 Å². The van der Waals surface area contributed by atoms with Crippen LogP contribution in [0.2, 0.25) is 0 Å². The second-order valence-electron chi connectivity index (χ2n) is 5.38. The van der Waals surface area contributed by atoms with Gasteiger partial charge in [0.1, 0.15) is 0 Å². The first kappa shape index (κ1) is 17.2. The highest BCUT2D eigenvalue weighted by Crippen LogP contribution is 2.14. The lowest BCUT2D eigenvalue weighted by molar-refractivity contribution is -0.117. The van der Waals surface area contributed by atoms with Crippen molar-refractivity contribution in [3.8, 4) is 0 Å². The van der Waals surface area contributed by atoms with Crippen molar-refractivity contribution in [2.24, 2.45) is 5.73 Å². The van der Waals surface area contributed by atoms with Crippen LogP contribution in [-0.4, -0.2) is 26.1 Å². The molecule has 0 fully saturated rings. The zero-order chi connectivity index (χ0) is 16.9. The van der Waals surface area contributed by atoms with E-state index in [-0.39, 0.29) is 17.1 Å². The number of benzene rings is 2. The van der Waals surface area contributed by atoms with Gasteiger partial charge in [-0.3, -0.25) is 4.79 Å². The summed E-state index contributed by atoms with van der Waals surface area (Å²) in [7, 11) is -3.44. The summed E-state index contributed by atoms with van der Waals surface area (Å²) in [5, 5.41) is 2.67. The second-order valence-corrected chi connectivity index (χ2v) is 7.49. The quantitative estimate of drug-likeness (QED) is 0.848. The summed E-state index contributed by atoms with van der Waals surface area (Å²) >= 11 is 0. The van der Waals surface area contributed by atoms with Crippen LogP contribution in [-0.2, 0) is 14.6 Å². The number of nitrogens with one attached hydrogen (secondary N) is 1. The fraction of sp³-hybridized carbons (Fsp3) is 0.235. The van der Waals surface area contributed by atoms with Crippen molar-refractivity contribution in [3.05, 3.63) is 60.2 Å². The highest BCUT2D eigenvalue weighted by atomic mass is 32.2. The number of hydrogen-bond donors (Lipinski definition) is 2. The van der Waals surface area contributed by atoms with Crippen molar-refractivity contribution in [1.82, 2.24) is 0 Å². The molecule has 0 saturated carbocycles. The highest BCUT2D eigenvalue weighted by Gasteiger charge is 2.20. The Kier molecular flexibility index (Phi) is 5.52. The molecule has 2 aromatic rings. The maximum absolute atomic E-state index is 12.2. The summed E-state index contributed by atoms with van der Waals surface area (Å²) in [6.07, 6.45) is 0.0644. The van der Waals surface area contributed by atoms with Gasteiger partial charge in [-0.2, -0.15) is 0 Å². The molecular weight excluding hydrogens is 312 g/mol. The minimum absolute atomic E-state index is 0.0644. The minimum atomic E-state index is -3.44. The van der Waals surface area contributed by atoms with Crippen LogP contribution in [0.25, 0.3) is 0 Å². The van der Waals surface area contributed by atoms with Crippen LogP contribution < -0.4 is 11.1 Å². The smallest absolute Gasteiger partial charge is 0.241 e. The molecule has 0 spiro atoms. The van der Waals surface area contributed by atoms with Crippen LogP contribution >= 0.6 is 0 Å². The molecule has 2 aromatic carbocycles. The van der Waals surface area contributed by atoms with Crippen LogP contribution in [0.1, 0.15) is 12.0 Å². The van der Waals surface area contributed by atoms with Gasteiger partial charge in [0.05, 0.1) is 16.7 Å². The van der Waals surface area contributed by atoms with Gasteiger partial charge in [-0.1, -0.05) is 35.9 Å². The van der Waals surface area contributed by atoms with Gasteiger partial charge in [-0.25, -0.2) is 8.42 Å². The van der Waals surface area contributed by atoms with Crippen molar-refractivity contribution < 1.29 is 13.2 Å². The third-order valence-electron chi connectivity index (χ3n) is 3.46. The Balaban J connectivity index is 1.94. The lowest BCUT2D eigenvalue weighted by atomic mass is 10.2. The van der Waals surface area contributed by atoms with Gasteiger partial charge in [0.25, 0.3) is 0 Å². The molecular formula is C17H20N2O3S. The van der Waals surface area contributed by atoms with Crippen LogP contribution in [0.3, 0.4) is 0 Å². The molecule has 0 radical (unpaired) electrons. The molecule has 0 aliphatic rings. The van der Waals surface area contributed by atoms with E-state index in [0.29, 0.717) is 5.69 Å². The normalized spacial score (nSPS) is 12.6. The number of nitrogens with two attached hydrogens (primary N) is 1. The number of para-hydroxylation sites is 1. The Morgan fingerprint density at radius 1 is 1.09 bits per heavy atom. The number of anilines is 1. The molecule has 23 heavy (non-hydrogen) atoms. The fourth-order valence-corrected chi connectivity index (χ4v) is 3.38. The van der Waals surface area contributed by atoms with Crippen molar-refractivity contribution >= 4 is 21.4 Å². The van der Waals surface area contributed by atoms with E-state index in [4.69, 9.17) is 5.73 Å². The lowest BCUT2D eigenvalue weighted by Crippen LogP contribution is -2.37. The topological polar surface area (TPSA) is 89.3 Å². The van der Waals surface area contributed by atoms with E-state index in [0.717, 1.165) is 5.56 Å². The summed E-state index contributed by atoms with van der Waals surface area (Å²) in [5.41, 5.74) is 7.42. The molecule has 2 rings (SSSR count). The summed E-state index contributed by atoms with van der Waals surface area (Å²) in [6.45, 7) is 1.89. The van der Waals surface area contributed by atoms with E-state index in [1.54, 1.807) is 48.5 Å². The summed E-state index contributed by atoms with van der Waals surface area (Å²) in [4.78, 5) is 12.2. The van der Waals surface area contributed by atoms with Crippen LogP contribution in [0.4, 0.5) is 5.69 Å². The molecule has 5 nitrogen and oxygen atoms in total. The molecule has 0 saturated heterocycles. The van der Waals surface area contributed by atoms with E-state index in [1.807, 2.05) is 13.0 Å². The number of amides is 1. The van der Waals surface area contributed by atoms with Crippen LogP contribution in [0.5, 0.6) is 0 Å². The zero-order valence-corrected chi connectivity index (χ0v) is 13.7. The Bertz CT molecular complexity index is 756. The largest absolute Gasteiger partial charge is 0.325 e.